The van der Waals surface area contributed by atoms with Crippen molar-refractivity contribution >= 4 is 17.7 Å². The first-order valence-electron chi connectivity index (χ1n) is 7.77. The Morgan fingerprint density at radius 2 is 1.96 bits per heavy atom. The third-order valence-corrected chi connectivity index (χ3v) is 4.96. The molecule has 1 aromatic carbocycles. The van der Waals surface area contributed by atoms with E-state index in [9.17, 15) is 4.79 Å². The van der Waals surface area contributed by atoms with Gasteiger partial charge in [0.1, 0.15) is 0 Å². The fourth-order valence-corrected chi connectivity index (χ4v) is 2.81. The molecule has 0 fully saturated rings. The van der Waals surface area contributed by atoms with E-state index in [1.54, 1.807) is 0 Å². The number of carbonyl (C=O) groups excluding carboxylic acids is 1. The Morgan fingerprint density at radius 3 is 2.61 bits per heavy atom. The fourth-order valence-electron chi connectivity index (χ4n) is 2.09. The molecular weight excluding hydrogens is 308 g/mol. The number of thioether (sulfide) groups is 1. The van der Waals surface area contributed by atoms with Crippen LogP contribution in [0.15, 0.2) is 29.4 Å². The first-order chi connectivity index (χ1) is 10.9. The molecule has 0 saturated heterocycles. The lowest BCUT2D eigenvalue weighted by atomic mass is 10.1. The molecule has 0 aliphatic heterocycles. The van der Waals surface area contributed by atoms with Gasteiger partial charge in [-0.2, -0.15) is 0 Å². The molecule has 1 aromatic heterocycles. The van der Waals surface area contributed by atoms with Crippen LogP contribution in [0.3, 0.4) is 0 Å². The van der Waals surface area contributed by atoms with E-state index in [1.165, 1.54) is 11.8 Å². The molecular formula is C17H24N4OS. The van der Waals surface area contributed by atoms with E-state index in [-0.39, 0.29) is 11.9 Å². The summed E-state index contributed by atoms with van der Waals surface area (Å²) < 4.78 is 1.94. The second-order valence-electron chi connectivity index (χ2n) is 6.07. The summed E-state index contributed by atoms with van der Waals surface area (Å²) in [5, 5.41) is 12.2. The molecule has 6 heteroatoms. The standard InChI is InChI=1S/C17H24N4OS/c1-11(2)13(4)18-15(22)10-23-17-20-19-16(21(17)5)14-9-7-6-8-12(14)3/h6-9,11,13H,10H2,1-5H3,(H,18,22). The van der Waals surface area contributed by atoms with E-state index < -0.39 is 0 Å². The lowest BCUT2D eigenvalue weighted by Gasteiger charge is -2.17. The highest BCUT2D eigenvalue weighted by atomic mass is 32.2. The van der Waals surface area contributed by atoms with Gasteiger partial charge in [-0.15, -0.1) is 10.2 Å². The van der Waals surface area contributed by atoms with E-state index in [4.69, 9.17) is 0 Å². The molecule has 0 radical (unpaired) electrons. The van der Waals surface area contributed by atoms with Crippen molar-refractivity contribution in [2.24, 2.45) is 13.0 Å². The van der Waals surface area contributed by atoms with Crippen LogP contribution >= 0.6 is 11.8 Å². The largest absolute Gasteiger partial charge is 0.353 e. The van der Waals surface area contributed by atoms with Gasteiger partial charge in [-0.3, -0.25) is 4.79 Å². The van der Waals surface area contributed by atoms with Gasteiger partial charge >= 0.3 is 0 Å². The van der Waals surface area contributed by atoms with Crippen molar-refractivity contribution < 1.29 is 4.79 Å². The predicted octanol–water partition coefficient (Wildman–Crippen LogP) is 3.04. The molecule has 1 amide bonds. The number of nitrogens with zero attached hydrogens (tertiary/aromatic N) is 3. The second kappa shape index (κ2) is 7.64. The molecule has 1 unspecified atom stereocenters. The number of rotatable bonds is 6. The van der Waals surface area contributed by atoms with Crippen LogP contribution < -0.4 is 5.32 Å². The Morgan fingerprint density at radius 1 is 1.26 bits per heavy atom. The maximum Gasteiger partial charge on any atom is 0.230 e. The number of nitrogens with one attached hydrogen (secondary N) is 1. The lowest BCUT2D eigenvalue weighted by molar-refractivity contribution is -0.119. The number of hydrogen-bond acceptors (Lipinski definition) is 4. The highest BCUT2D eigenvalue weighted by molar-refractivity contribution is 7.99. The smallest absolute Gasteiger partial charge is 0.230 e. The Hall–Kier alpha value is -1.82. The average molecular weight is 332 g/mol. The van der Waals surface area contributed by atoms with E-state index in [2.05, 4.69) is 42.4 Å². The van der Waals surface area contributed by atoms with Crippen LogP contribution in [0.1, 0.15) is 26.3 Å². The van der Waals surface area contributed by atoms with Crippen LogP contribution in [0.2, 0.25) is 0 Å². The monoisotopic (exact) mass is 332 g/mol. The summed E-state index contributed by atoms with van der Waals surface area (Å²) in [6.45, 7) is 8.26. The molecule has 1 heterocycles. The summed E-state index contributed by atoms with van der Waals surface area (Å²) in [7, 11) is 1.93. The second-order valence-corrected chi connectivity index (χ2v) is 7.01. The number of amides is 1. The van der Waals surface area contributed by atoms with Crippen LogP contribution in [0.25, 0.3) is 11.4 Å². The average Bonchev–Trinajstić information content (AvgIpc) is 2.86. The van der Waals surface area contributed by atoms with Crippen molar-refractivity contribution in [2.75, 3.05) is 5.75 Å². The number of hydrogen-bond donors (Lipinski definition) is 1. The third kappa shape index (κ3) is 4.34. The van der Waals surface area contributed by atoms with Crippen LogP contribution in [-0.4, -0.2) is 32.5 Å². The molecule has 0 aliphatic rings. The van der Waals surface area contributed by atoms with Gasteiger partial charge in [0.05, 0.1) is 5.75 Å². The summed E-state index contributed by atoms with van der Waals surface area (Å²) >= 11 is 1.41. The minimum Gasteiger partial charge on any atom is -0.353 e. The van der Waals surface area contributed by atoms with Crippen LogP contribution in [0.4, 0.5) is 0 Å². The fraction of sp³-hybridized carbons (Fsp3) is 0.471. The lowest BCUT2D eigenvalue weighted by Crippen LogP contribution is -2.37. The Balaban J connectivity index is 2.03. The number of aromatic nitrogens is 3. The zero-order valence-electron chi connectivity index (χ0n) is 14.3. The predicted molar refractivity (Wildman–Crippen MR) is 94.3 cm³/mol. The molecule has 1 atom stereocenters. The minimum absolute atomic E-state index is 0.0247. The quantitative estimate of drug-likeness (QED) is 0.826. The van der Waals surface area contributed by atoms with E-state index in [1.807, 2.05) is 36.7 Å². The van der Waals surface area contributed by atoms with Crippen molar-refractivity contribution in [3.63, 3.8) is 0 Å². The number of benzene rings is 1. The van der Waals surface area contributed by atoms with Crippen molar-refractivity contribution in [2.45, 2.75) is 38.9 Å². The first-order valence-corrected chi connectivity index (χ1v) is 8.76. The zero-order chi connectivity index (χ0) is 17.0. The van der Waals surface area contributed by atoms with Crippen molar-refractivity contribution in [3.05, 3.63) is 29.8 Å². The summed E-state index contributed by atoms with van der Waals surface area (Å²) in [5.74, 6) is 1.61. The van der Waals surface area contributed by atoms with Gasteiger partial charge in [-0.05, 0) is 25.3 Å². The number of aryl methyl sites for hydroxylation is 1. The Kier molecular flexibility index (Phi) is 5.82. The molecule has 124 valence electrons. The van der Waals surface area contributed by atoms with Crippen molar-refractivity contribution in [3.8, 4) is 11.4 Å². The van der Waals surface area contributed by atoms with E-state index >= 15 is 0 Å². The van der Waals surface area contributed by atoms with Crippen molar-refractivity contribution in [1.82, 2.24) is 20.1 Å². The van der Waals surface area contributed by atoms with Gasteiger partial charge in [0, 0.05) is 18.7 Å². The van der Waals surface area contributed by atoms with Gasteiger partial charge in [-0.25, -0.2) is 0 Å². The van der Waals surface area contributed by atoms with Gasteiger partial charge in [0.25, 0.3) is 0 Å². The van der Waals surface area contributed by atoms with Crippen LogP contribution in [0, 0.1) is 12.8 Å². The Labute approximate surface area is 141 Å². The molecule has 0 aliphatic carbocycles. The normalized spacial score (nSPS) is 12.4. The van der Waals surface area contributed by atoms with Gasteiger partial charge < -0.3 is 9.88 Å². The molecule has 2 rings (SSSR count). The summed E-state index contributed by atoms with van der Waals surface area (Å²) in [6, 6.07) is 8.25. The molecule has 1 N–H and O–H groups in total. The highest BCUT2D eigenvalue weighted by Crippen LogP contribution is 2.24. The van der Waals surface area contributed by atoms with Gasteiger partial charge in [0.2, 0.25) is 5.91 Å². The third-order valence-electron chi connectivity index (χ3n) is 3.94. The van der Waals surface area contributed by atoms with Crippen molar-refractivity contribution in [1.29, 1.82) is 0 Å². The van der Waals surface area contributed by atoms with E-state index in [0.29, 0.717) is 11.7 Å². The van der Waals surface area contributed by atoms with Crippen LogP contribution in [0.5, 0.6) is 0 Å². The first kappa shape index (κ1) is 17.5. The minimum atomic E-state index is 0.0247. The van der Waals surface area contributed by atoms with Gasteiger partial charge in [0.15, 0.2) is 11.0 Å². The highest BCUT2D eigenvalue weighted by Gasteiger charge is 2.15. The topological polar surface area (TPSA) is 59.8 Å². The molecule has 0 spiro atoms. The summed E-state index contributed by atoms with van der Waals surface area (Å²) in [4.78, 5) is 12.0. The molecule has 23 heavy (non-hydrogen) atoms. The Bertz CT molecular complexity index is 681. The maximum absolute atomic E-state index is 12.0. The summed E-state index contributed by atoms with van der Waals surface area (Å²) in [5.41, 5.74) is 2.22. The van der Waals surface area contributed by atoms with Crippen LogP contribution in [-0.2, 0) is 11.8 Å². The summed E-state index contributed by atoms with van der Waals surface area (Å²) in [6.07, 6.45) is 0. The SMILES string of the molecule is Cc1ccccc1-c1nnc(SCC(=O)NC(C)C(C)C)n1C. The maximum atomic E-state index is 12.0. The zero-order valence-corrected chi connectivity index (χ0v) is 15.1. The number of carbonyl (C=O) groups is 1. The van der Waals surface area contributed by atoms with E-state index in [0.717, 1.165) is 22.1 Å². The van der Waals surface area contributed by atoms with Gasteiger partial charge in [-0.1, -0.05) is 49.9 Å². The molecule has 2 aromatic rings. The molecule has 5 nitrogen and oxygen atoms in total. The molecule has 0 saturated carbocycles. The molecule has 0 bridgehead atoms.